The summed E-state index contributed by atoms with van der Waals surface area (Å²) in [6.07, 6.45) is 6.29. The lowest BCUT2D eigenvalue weighted by Gasteiger charge is -2.46. The standard InChI is InChI=1S/C30H32F2N6O3.C12H20N4/c1-30(2)17-37(3)12-13-38(30)16-19-7-6-18(15-35-19)36-29(39)21-9-8-20(27-28(21)34-11-10-33-27)24-25(31)22(40-4)14-23(41-5)26(24)32;1-12(2)9-16(6-5-15-12)8-10-3-4-11(13)14-7-10/h6-11,14-15H,12-13,16-17H2,1-5H3,(H,36,39);3-4,7,15H,5-6,8-9H2,1-2H3,(H2,13,14). The number of amides is 1. The smallest absolute Gasteiger partial charge is 0.257 e. The molecule has 2 aliphatic rings. The van der Waals surface area contributed by atoms with Crippen molar-refractivity contribution in [2.75, 3.05) is 71.6 Å². The molecule has 0 radical (unpaired) electrons. The predicted octanol–water partition coefficient (Wildman–Crippen LogP) is 5.61. The van der Waals surface area contributed by atoms with Crippen LogP contribution in [0.25, 0.3) is 22.2 Å². The lowest BCUT2D eigenvalue weighted by atomic mass is 9.98. The van der Waals surface area contributed by atoms with Crippen LogP contribution in [0.2, 0.25) is 0 Å². The van der Waals surface area contributed by atoms with Gasteiger partial charge < -0.3 is 30.7 Å². The fraction of sp³-hybridized carbons (Fsp3) is 0.405. The van der Waals surface area contributed by atoms with E-state index in [9.17, 15) is 4.79 Å². The molecule has 4 N–H and O–H groups in total. The summed E-state index contributed by atoms with van der Waals surface area (Å²) in [5.41, 5.74) is 8.68. The van der Waals surface area contributed by atoms with Gasteiger partial charge in [0.05, 0.1) is 48.4 Å². The third kappa shape index (κ3) is 9.79. The third-order valence-corrected chi connectivity index (χ3v) is 10.3. The molecule has 5 heterocycles. The number of nitrogen functional groups attached to an aromatic ring is 1. The van der Waals surface area contributed by atoms with E-state index in [4.69, 9.17) is 15.2 Å². The number of nitrogens with two attached hydrogens (primary N) is 1. The van der Waals surface area contributed by atoms with E-state index in [2.05, 4.69) is 86.1 Å². The number of pyridine rings is 2. The van der Waals surface area contributed by atoms with Crippen molar-refractivity contribution in [1.82, 2.24) is 40.0 Å². The van der Waals surface area contributed by atoms with Crippen molar-refractivity contribution in [1.29, 1.82) is 0 Å². The van der Waals surface area contributed by atoms with E-state index < -0.39 is 17.5 Å². The van der Waals surface area contributed by atoms with Crippen LogP contribution in [0, 0.1) is 11.6 Å². The van der Waals surface area contributed by atoms with Crippen LogP contribution in [0.15, 0.2) is 67.3 Å². The Balaban J connectivity index is 0.000000286. The molecule has 2 aliphatic heterocycles. The molecule has 0 unspecified atom stereocenters. The van der Waals surface area contributed by atoms with E-state index in [1.807, 2.05) is 18.3 Å². The van der Waals surface area contributed by atoms with Gasteiger partial charge in [-0.1, -0.05) is 12.1 Å². The normalized spacial score (nSPS) is 17.1. The van der Waals surface area contributed by atoms with Crippen LogP contribution in [0.5, 0.6) is 11.5 Å². The van der Waals surface area contributed by atoms with Gasteiger partial charge in [-0.05, 0) is 64.6 Å². The number of nitrogens with one attached hydrogen (secondary N) is 2. The molecule has 13 nitrogen and oxygen atoms in total. The van der Waals surface area contributed by atoms with Gasteiger partial charge in [0.1, 0.15) is 11.3 Å². The highest BCUT2D eigenvalue weighted by Gasteiger charge is 2.32. The molecule has 7 rings (SSSR count). The zero-order valence-electron chi connectivity index (χ0n) is 33.7. The fourth-order valence-corrected chi connectivity index (χ4v) is 7.45. The molecular formula is C42H52F2N10O3. The minimum atomic E-state index is -0.916. The molecule has 0 saturated carbocycles. The van der Waals surface area contributed by atoms with Gasteiger partial charge >= 0.3 is 0 Å². The molecule has 0 aliphatic carbocycles. The SMILES string of the molecule is CC1(C)CN(Cc2ccc(N)nc2)CCN1.COc1cc(OC)c(F)c(-c2ccc(C(=O)Nc3ccc(CN4CCN(C)CC4(C)C)nc3)c3nccnc23)c1F. The van der Waals surface area contributed by atoms with Crippen LogP contribution in [-0.2, 0) is 13.1 Å². The number of piperazine rings is 2. The molecule has 57 heavy (non-hydrogen) atoms. The van der Waals surface area contributed by atoms with Crippen molar-refractivity contribution in [3.05, 3.63) is 95.7 Å². The number of halogens is 2. The number of likely N-dealkylation sites (N-methyl/N-ethyl adjacent to an activating group) is 1. The van der Waals surface area contributed by atoms with E-state index in [1.54, 1.807) is 12.3 Å². The van der Waals surface area contributed by atoms with E-state index in [0.29, 0.717) is 18.1 Å². The summed E-state index contributed by atoms with van der Waals surface area (Å²) in [4.78, 5) is 37.8. The van der Waals surface area contributed by atoms with Gasteiger partial charge in [0.15, 0.2) is 23.1 Å². The van der Waals surface area contributed by atoms with Crippen LogP contribution < -0.4 is 25.8 Å². The average molecular weight is 783 g/mol. The van der Waals surface area contributed by atoms with Gasteiger partial charge in [-0.3, -0.25) is 29.5 Å². The summed E-state index contributed by atoms with van der Waals surface area (Å²) in [6.45, 7) is 16.7. The Bertz CT molecular complexity index is 2160. The summed E-state index contributed by atoms with van der Waals surface area (Å²) >= 11 is 0. The summed E-state index contributed by atoms with van der Waals surface area (Å²) in [5.74, 6) is -2.08. The maximum atomic E-state index is 15.3. The third-order valence-electron chi connectivity index (χ3n) is 10.3. The number of hydrogen-bond acceptors (Lipinski definition) is 12. The highest BCUT2D eigenvalue weighted by atomic mass is 19.1. The van der Waals surface area contributed by atoms with Crippen LogP contribution in [0.3, 0.4) is 0 Å². The van der Waals surface area contributed by atoms with E-state index in [0.717, 1.165) is 57.6 Å². The Morgan fingerprint density at radius 1 is 0.860 bits per heavy atom. The van der Waals surface area contributed by atoms with Crippen molar-refractivity contribution in [2.45, 2.75) is 51.9 Å². The van der Waals surface area contributed by atoms with Gasteiger partial charge in [0.2, 0.25) is 0 Å². The van der Waals surface area contributed by atoms with Crippen molar-refractivity contribution in [3.63, 3.8) is 0 Å². The Morgan fingerprint density at radius 2 is 1.58 bits per heavy atom. The van der Waals surface area contributed by atoms with Crippen molar-refractivity contribution < 1.29 is 23.0 Å². The number of carbonyl (C=O) groups excluding carboxylic acids is 1. The zero-order chi connectivity index (χ0) is 40.9. The largest absolute Gasteiger partial charge is 0.494 e. The molecule has 15 heteroatoms. The number of benzene rings is 2. The zero-order valence-corrected chi connectivity index (χ0v) is 33.7. The number of anilines is 2. The second-order valence-corrected chi connectivity index (χ2v) is 15.8. The maximum Gasteiger partial charge on any atom is 0.257 e. The quantitative estimate of drug-likeness (QED) is 0.171. The minimum Gasteiger partial charge on any atom is -0.494 e. The molecule has 3 aromatic heterocycles. The minimum absolute atomic E-state index is 0.0255. The van der Waals surface area contributed by atoms with E-state index >= 15 is 8.78 Å². The highest BCUT2D eigenvalue weighted by Crippen LogP contribution is 2.40. The van der Waals surface area contributed by atoms with Crippen molar-refractivity contribution >= 4 is 28.4 Å². The van der Waals surface area contributed by atoms with Gasteiger partial charge in [-0.15, -0.1) is 0 Å². The number of methoxy groups -OCH3 is 2. The number of ether oxygens (including phenoxy) is 2. The lowest BCUT2D eigenvalue weighted by molar-refractivity contribution is 0.0245. The highest BCUT2D eigenvalue weighted by molar-refractivity contribution is 6.13. The molecule has 1 amide bonds. The number of nitrogens with zero attached hydrogens (tertiary/aromatic N) is 7. The summed E-state index contributed by atoms with van der Waals surface area (Å²) in [5, 5.41) is 6.35. The molecular weight excluding hydrogens is 731 g/mol. The van der Waals surface area contributed by atoms with E-state index in [-0.39, 0.29) is 50.3 Å². The molecule has 2 saturated heterocycles. The summed E-state index contributed by atoms with van der Waals surface area (Å²) in [6, 6.07) is 11.6. The van der Waals surface area contributed by atoms with Crippen molar-refractivity contribution in [3.8, 4) is 22.6 Å². The summed E-state index contributed by atoms with van der Waals surface area (Å²) < 4.78 is 40.7. The first-order valence-corrected chi connectivity index (χ1v) is 18.9. The Hall–Kier alpha value is -5.35. The summed E-state index contributed by atoms with van der Waals surface area (Å²) in [7, 11) is 4.68. The first kappa shape index (κ1) is 41.3. The topological polar surface area (TPSA) is 147 Å². The van der Waals surface area contributed by atoms with Gasteiger partial charge in [-0.25, -0.2) is 13.8 Å². The average Bonchev–Trinajstić information content (AvgIpc) is 3.17. The number of rotatable bonds is 9. The van der Waals surface area contributed by atoms with Crippen LogP contribution >= 0.6 is 0 Å². The monoisotopic (exact) mass is 782 g/mol. The maximum absolute atomic E-state index is 15.3. The fourth-order valence-electron chi connectivity index (χ4n) is 7.45. The second-order valence-electron chi connectivity index (χ2n) is 15.8. The first-order valence-electron chi connectivity index (χ1n) is 18.9. The Morgan fingerprint density at radius 3 is 2.19 bits per heavy atom. The number of fused-ring (bicyclic) bond motifs is 1. The second kappa shape index (κ2) is 17.4. The number of carbonyl (C=O) groups is 1. The van der Waals surface area contributed by atoms with Crippen LogP contribution in [0.4, 0.5) is 20.3 Å². The van der Waals surface area contributed by atoms with E-state index in [1.165, 1.54) is 44.3 Å². The number of aromatic nitrogens is 4. The molecule has 0 atom stereocenters. The molecule has 302 valence electrons. The number of hydrogen-bond donors (Lipinski definition) is 3. The predicted molar refractivity (Wildman–Crippen MR) is 218 cm³/mol. The Kier molecular flexibility index (Phi) is 12.6. The lowest BCUT2D eigenvalue weighted by Crippen LogP contribution is -2.57. The Labute approximate surface area is 332 Å². The molecule has 0 spiro atoms. The first-order chi connectivity index (χ1) is 27.2. The van der Waals surface area contributed by atoms with Gasteiger partial charge in [0.25, 0.3) is 5.91 Å². The van der Waals surface area contributed by atoms with Gasteiger partial charge in [-0.2, -0.15) is 0 Å². The van der Waals surface area contributed by atoms with Gasteiger partial charge in [0, 0.05) is 93.7 Å². The molecule has 2 aromatic carbocycles. The van der Waals surface area contributed by atoms with Crippen molar-refractivity contribution in [2.24, 2.45) is 0 Å². The van der Waals surface area contributed by atoms with Crippen LogP contribution in [0.1, 0.15) is 49.3 Å². The molecule has 2 fully saturated rings. The van der Waals surface area contributed by atoms with Crippen LogP contribution in [-0.4, -0.2) is 112 Å². The molecule has 0 bridgehead atoms. The molecule has 5 aromatic rings.